The molecule has 3 fully saturated rings. The lowest BCUT2D eigenvalue weighted by Gasteiger charge is -2.40. The standard InChI is InChI=1S/C9H15/c1-7-6-8-2-4-9(7)5-3-8/h8-9H,2-6H2,1H3. The van der Waals surface area contributed by atoms with E-state index < -0.39 is 0 Å². The predicted molar refractivity (Wildman–Crippen MR) is 39.0 cm³/mol. The Bertz CT molecular complexity index is 98.6. The first-order valence-electron chi connectivity index (χ1n) is 4.18. The van der Waals surface area contributed by atoms with Crippen molar-refractivity contribution in [3.05, 3.63) is 5.92 Å². The topological polar surface area (TPSA) is 0 Å². The molecular weight excluding hydrogens is 108 g/mol. The quantitative estimate of drug-likeness (QED) is 0.464. The molecule has 9 heavy (non-hydrogen) atoms. The van der Waals surface area contributed by atoms with Gasteiger partial charge in [0.1, 0.15) is 0 Å². The van der Waals surface area contributed by atoms with Crippen molar-refractivity contribution in [2.24, 2.45) is 11.8 Å². The molecule has 0 heterocycles. The molecule has 0 aromatic rings. The van der Waals surface area contributed by atoms with Crippen LogP contribution in [0.25, 0.3) is 0 Å². The Hall–Kier alpha value is 0. The molecule has 0 amide bonds. The Morgan fingerprint density at radius 1 is 1.11 bits per heavy atom. The van der Waals surface area contributed by atoms with Gasteiger partial charge in [-0.1, -0.05) is 19.8 Å². The van der Waals surface area contributed by atoms with E-state index in [0.29, 0.717) is 0 Å². The molecule has 1 radical (unpaired) electrons. The van der Waals surface area contributed by atoms with Crippen LogP contribution in [0.3, 0.4) is 0 Å². The first-order valence-corrected chi connectivity index (χ1v) is 4.18. The van der Waals surface area contributed by atoms with Crippen molar-refractivity contribution in [3.8, 4) is 0 Å². The second-order valence-electron chi connectivity index (χ2n) is 3.77. The summed E-state index contributed by atoms with van der Waals surface area (Å²) < 4.78 is 0. The van der Waals surface area contributed by atoms with Crippen LogP contribution in [0.15, 0.2) is 0 Å². The molecule has 3 aliphatic rings. The van der Waals surface area contributed by atoms with Crippen molar-refractivity contribution in [1.29, 1.82) is 0 Å². The third-order valence-corrected chi connectivity index (χ3v) is 3.15. The maximum absolute atomic E-state index is 2.36. The highest BCUT2D eigenvalue weighted by Gasteiger charge is 2.32. The van der Waals surface area contributed by atoms with Crippen LogP contribution >= 0.6 is 0 Å². The fourth-order valence-corrected chi connectivity index (χ4v) is 2.48. The molecule has 0 aromatic carbocycles. The van der Waals surface area contributed by atoms with Crippen molar-refractivity contribution in [1.82, 2.24) is 0 Å². The third-order valence-electron chi connectivity index (χ3n) is 3.15. The average Bonchev–Trinajstić information content (AvgIpc) is 1.90. The molecule has 0 atom stereocenters. The molecule has 0 spiro atoms. The number of hydrogen-bond donors (Lipinski definition) is 0. The molecule has 0 nitrogen and oxygen atoms in total. The summed E-state index contributed by atoms with van der Waals surface area (Å²) in [5.74, 6) is 3.93. The molecule has 2 bridgehead atoms. The Balaban J connectivity index is 2.06. The molecule has 0 aromatic heterocycles. The SMILES string of the molecule is C[C]1CC2CCC1CC2. The van der Waals surface area contributed by atoms with Crippen LogP contribution in [0.2, 0.25) is 0 Å². The molecule has 3 aliphatic carbocycles. The highest BCUT2D eigenvalue weighted by atomic mass is 14.4. The molecular formula is C9H15. The highest BCUT2D eigenvalue weighted by Crippen LogP contribution is 2.45. The van der Waals surface area contributed by atoms with Crippen LogP contribution in [0.4, 0.5) is 0 Å². The van der Waals surface area contributed by atoms with Gasteiger partial charge in [-0.25, -0.2) is 0 Å². The van der Waals surface area contributed by atoms with Gasteiger partial charge in [0, 0.05) is 0 Å². The Morgan fingerprint density at radius 2 is 1.78 bits per heavy atom. The zero-order chi connectivity index (χ0) is 6.27. The molecule has 0 saturated heterocycles. The zero-order valence-corrected chi connectivity index (χ0v) is 6.19. The number of rotatable bonds is 0. The summed E-state index contributed by atoms with van der Waals surface area (Å²) >= 11 is 0. The van der Waals surface area contributed by atoms with E-state index in [-0.39, 0.29) is 0 Å². The van der Waals surface area contributed by atoms with Gasteiger partial charge < -0.3 is 0 Å². The van der Waals surface area contributed by atoms with E-state index in [1.165, 1.54) is 32.1 Å². The summed E-state index contributed by atoms with van der Waals surface area (Å²) in [6.45, 7) is 2.36. The van der Waals surface area contributed by atoms with E-state index >= 15 is 0 Å². The van der Waals surface area contributed by atoms with Gasteiger partial charge in [-0.2, -0.15) is 0 Å². The smallest absolute Gasteiger partial charge is 0.0238 e. The van der Waals surface area contributed by atoms with Crippen molar-refractivity contribution in [3.63, 3.8) is 0 Å². The van der Waals surface area contributed by atoms with Crippen LogP contribution < -0.4 is 0 Å². The summed E-state index contributed by atoms with van der Waals surface area (Å²) in [5.41, 5.74) is 0. The van der Waals surface area contributed by atoms with Crippen molar-refractivity contribution in [2.75, 3.05) is 0 Å². The zero-order valence-electron chi connectivity index (χ0n) is 6.19. The first-order chi connectivity index (χ1) is 4.36. The lowest BCUT2D eigenvalue weighted by Crippen LogP contribution is -2.27. The number of fused-ring (bicyclic) bond motifs is 3. The molecule has 0 aliphatic heterocycles. The van der Waals surface area contributed by atoms with Gasteiger partial charge in [0.25, 0.3) is 0 Å². The van der Waals surface area contributed by atoms with E-state index in [0.717, 1.165) is 11.8 Å². The normalized spacial score (nSPS) is 43.7. The van der Waals surface area contributed by atoms with Crippen LogP contribution in [0.1, 0.15) is 39.0 Å². The molecule has 0 unspecified atom stereocenters. The Kier molecular flexibility index (Phi) is 1.28. The predicted octanol–water partition coefficient (Wildman–Crippen LogP) is 2.79. The molecule has 0 N–H and O–H groups in total. The summed E-state index contributed by atoms with van der Waals surface area (Å²) in [6, 6.07) is 0. The van der Waals surface area contributed by atoms with E-state index in [4.69, 9.17) is 0 Å². The second-order valence-corrected chi connectivity index (χ2v) is 3.77. The van der Waals surface area contributed by atoms with Gasteiger partial charge in [-0.15, -0.1) is 0 Å². The second kappa shape index (κ2) is 2.00. The minimum Gasteiger partial charge on any atom is -0.0588 e. The van der Waals surface area contributed by atoms with E-state index in [1.54, 1.807) is 5.92 Å². The van der Waals surface area contributed by atoms with Gasteiger partial charge in [0.05, 0.1) is 0 Å². The lowest BCUT2D eigenvalue weighted by molar-refractivity contribution is 0.204. The van der Waals surface area contributed by atoms with Crippen molar-refractivity contribution < 1.29 is 0 Å². The van der Waals surface area contributed by atoms with Crippen LogP contribution in [-0.4, -0.2) is 0 Å². The largest absolute Gasteiger partial charge is 0.0588 e. The molecule has 51 valence electrons. The summed E-state index contributed by atoms with van der Waals surface area (Å²) in [5, 5.41) is 0. The van der Waals surface area contributed by atoms with Crippen molar-refractivity contribution in [2.45, 2.75) is 39.0 Å². The molecule has 0 heteroatoms. The fraction of sp³-hybridized carbons (Fsp3) is 0.889. The summed E-state index contributed by atoms with van der Waals surface area (Å²) in [6.07, 6.45) is 7.54. The highest BCUT2D eigenvalue weighted by molar-refractivity contribution is 5.01. The van der Waals surface area contributed by atoms with E-state index in [9.17, 15) is 0 Å². The summed E-state index contributed by atoms with van der Waals surface area (Å²) in [4.78, 5) is 0. The van der Waals surface area contributed by atoms with Crippen LogP contribution in [-0.2, 0) is 0 Å². The van der Waals surface area contributed by atoms with Gasteiger partial charge in [0.2, 0.25) is 0 Å². The fourth-order valence-electron chi connectivity index (χ4n) is 2.48. The maximum atomic E-state index is 2.36. The number of hydrogen-bond acceptors (Lipinski definition) is 0. The van der Waals surface area contributed by atoms with Gasteiger partial charge in [-0.05, 0) is 37.0 Å². The minimum absolute atomic E-state index is 1.04. The van der Waals surface area contributed by atoms with Gasteiger partial charge >= 0.3 is 0 Å². The Morgan fingerprint density at radius 3 is 2.00 bits per heavy atom. The van der Waals surface area contributed by atoms with E-state index in [1.807, 2.05) is 0 Å². The maximum Gasteiger partial charge on any atom is -0.0238 e. The summed E-state index contributed by atoms with van der Waals surface area (Å²) in [7, 11) is 0. The van der Waals surface area contributed by atoms with Crippen molar-refractivity contribution >= 4 is 0 Å². The van der Waals surface area contributed by atoms with Crippen LogP contribution in [0, 0.1) is 17.8 Å². The van der Waals surface area contributed by atoms with E-state index in [2.05, 4.69) is 6.92 Å². The third kappa shape index (κ3) is 0.889. The monoisotopic (exact) mass is 123 g/mol. The van der Waals surface area contributed by atoms with Crippen LogP contribution in [0.5, 0.6) is 0 Å². The van der Waals surface area contributed by atoms with Gasteiger partial charge in [0.15, 0.2) is 0 Å². The molecule has 3 saturated carbocycles. The minimum atomic E-state index is 1.04. The Labute approximate surface area is 57.6 Å². The van der Waals surface area contributed by atoms with Gasteiger partial charge in [-0.3, -0.25) is 0 Å². The average molecular weight is 123 g/mol. The molecule has 3 rings (SSSR count). The lowest BCUT2D eigenvalue weighted by atomic mass is 9.65. The first kappa shape index (κ1) is 5.76.